The fourth-order valence-electron chi connectivity index (χ4n) is 4.77. The summed E-state index contributed by atoms with van der Waals surface area (Å²) in [4.78, 5) is 17.2. The van der Waals surface area contributed by atoms with Crippen LogP contribution in [0, 0.1) is 11.3 Å². The van der Waals surface area contributed by atoms with Crippen molar-refractivity contribution >= 4 is 17.3 Å². The first kappa shape index (κ1) is 21.4. The third-order valence-corrected chi connectivity index (χ3v) is 6.56. The predicted octanol–water partition coefficient (Wildman–Crippen LogP) is 4.76. The minimum absolute atomic E-state index is 0.0486. The molecular weight excluding hydrogens is 384 g/mol. The molecule has 2 saturated heterocycles. The fraction of sp³-hybridized carbons (Fsp3) is 0.462. The van der Waals surface area contributed by atoms with Crippen molar-refractivity contribution in [1.29, 1.82) is 5.26 Å². The minimum atomic E-state index is 0.0486. The summed E-state index contributed by atoms with van der Waals surface area (Å²) in [5.41, 5.74) is 4.09. The van der Waals surface area contributed by atoms with Gasteiger partial charge in [0.15, 0.2) is 0 Å². The number of nitriles is 1. The Morgan fingerprint density at radius 1 is 0.968 bits per heavy atom. The number of carbonyl (C=O) groups is 1. The van der Waals surface area contributed by atoms with Gasteiger partial charge in [-0.25, -0.2) is 0 Å². The monoisotopic (exact) mass is 416 g/mol. The molecule has 31 heavy (non-hydrogen) atoms. The number of hydrogen-bond acceptors (Lipinski definition) is 4. The third kappa shape index (κ3) is 5.86. The number of benzene rings is 2. The number of piperidine rings is 1. The zero-order chi connectivity index (χ0) is 21.5. The maximum Gasteiger partial charge on any atom is 0.238 e. The van der Waals surface area contributed by atoms with Crippen LogP contribution in [-0.2, 0) is 4.79 Å². The van der Waals surface area contributed by atoms with Crippen LogP contribution in [0.15, 0.2) is 48.5 Å². The SMILES string of the molecule is N#Cc1cccc(C2CCN(CC(=O)Nc3ccc(N4CCCCCC4)cc3)CC2)c1. The molecule has 1 N–H and O–H groups in total. The Kier molecular flexibility index (Phi) is 7.22. The highest BCUT2D eigenvalue weighted by molar-refractivity contribution is 5.92. The lowest BCUT2D eigenvalue weighted by molar-refractivity contribution is -0.117. The number of hydrogen-bond donors (Lipinski definition) is 1. The Hall–Kier alpha value is -2.84. The van der Waals surface area contributed by atoms with E-state index in [1.807, 2.05) is 30.3 Å². The van der Waals surface area contributed by atoms with Crippen LogP contribution in [0.2, 0.25) is 0 Å². The summed E-state index contributed by atoms with van der Waals surface area (Å²) in [5.74, 6) is 0.520. The minimum Gasteiger partial charge on any atom is -0.372 e. The van der Waals surface area contributed by atoms with E-state index < -0.39 is 0 Å². The third-order valence-electron chi connectivity index (χ3n) is 6.56. The highest BCUT2D eigenvalue weighted by Gasteiger charge is 2.22. The van der Waals surface area contributed by atoms with Crippen molar-refractivity contribution in [2.45, 2.75) is 44.4 Å². The van der Waals surface area contributed by atoms with E-state index in [1.54, 1.807) is 0 Å². The van der Waals surface area contributed by atoms with Gasteiger partial charge in [-0.05, 0) is 86.7 Å². The molecule has 162 valence electrons. The van der Waals surface area contributed by atoms with Crippen molar-refractivity contribution in [1.82, 2.24) is 4.90 Å². The summed E-state index contributed by atoms with van der Waals surface area (Å²) in [6, 6.07) is 18.4. The molecule has 0 radical (unpaired) electrons. The van der Waals surface area contributed by atoms with Crippen molar-refractivity contribution in [2.75, 3.05) is 42.9 Å². The zero-order valence-corrected chi connectivity index (χ0v) is 18.2. The van der Waals surface area contributed by atoms with Gasteiger partial charge in [-0.2, -0.15) is 5.26 Å². The van der Waals surface area contributed by atoms with Crippen LogP contribution in [0.25, 0.3) is 0 Å². The van der Waals surface area contributed by atoms with Gasteiger partial charge in [0.05, 0.1) is 18.2 Å². The lowest BCUT2D eigenvalue weighted by Crippen LogP contribution is -2.38. The van der Waals surface area contributed by atoms with Crippen LogP contribution in [0.1, 0.15) is 55.6 Å². The molecule has 2 aromatic rings. The second kappa shape index (κ2) is 10.5. The second-order valence-electron chi connectivity index (χ2n) is 8.78. The Morgan fingerprint density at radius 2 is 1.68 bits per heavy atom. The smallest absolute Gasteiger partial charge is 0.238 e. The summed E-state index contributed by atoms with van der Waals surface area (Å²) < 4.78 is 0. The van der Waals surface area contributed by atoms with Gasteiger partial charge < -0.3 is 10.2 Å². The Bertz CT molecular complexity index is 902. The molecule has 2 aliphatic heterocycles. The summed E-state index contributed by atoms with van der Waals surface area (Å²) in [6.07, 6.45) is 7.22. The molecule has 0 spiro atoms. The summed E-state index contributed by atoms with van der Waals surface area (Å²) in [5, 5.41) is 12.2. The lowest BCUT2D eigenvalue weighted by Gasteiger charge is -2.31. The molecule has 4 rings (SSSR count). The number of anilines is 2. The topological polar surface area (TPSA) is 59.4 Å². The molecule has 5 heteroatoms. The normalized spacial score (nSPS) is 18.2. The average Bonchev–Trinajstić information content (AvgIpc) is 3.10. The van der Waals surface area contributed by atoms with E-state index in [1.165, 1.54) is 36.9 Å². The van der Waals surface area contributed by atoms with Gasteiger partial charge in [0, 0.05) is 24.5 Å². The first-order chi connectivity index (χ1) is 15.2. The van der Waals surface area contributed by atoms with E-state index in [0.717, 1.165) is 50.3 Å². The van der Waals surface area contributed by atoms with Gasteiger partial charge in [0.1, 0.15) is 0 Å². The molecule has 2 fully saturated rings. The molecule has 2 heterocycles. The molecule has 2 aliphatic rings. The molecule has 0 aliphatic carbocycles. The van der Waals surface area contributed by atoms with Crippen molar-refractivity contribution in [3.8, 4) is 6.07 Å². The second-order valence-corrected chi connectivity index (χ2v) is 8.78. The molecule has 1 amide bonds. The van der Waals surface area contributed by atoms with Gasteiger partial charge >= 0.3 is 0 Å². The van der Waals surface area contributed by atoms with E-state index in [9.17, 15) is 4.79 Å². The summed E-state index contributed by atoms with van der Waals surface area (Å²) in [6.45, 7) is 4.50. The van der Waals surface area contributed by atoms with Gasteiger partial charge in [0.2, 0.25) is 5.91 Å². The van der Waals surface area contributed by atoms with Gasteiger partial charge in [-0.15, -0.1) is 0 Å². The van der Waals surface area contributed by atoms with E-state index in [4.69, 9.17) is 5.26 Å². The molecular formula is C26H32N4O. The highest BCUT2D eigenvalue weighted by atomic mass is 16.2. The van der Waals surface area contributed by atoms with Crippen molar-refractivity contribution < 1.29 is 4.79 Å². The predicted molar refractivity (Wildman–Crippen MR) is 125 cm³/mol. The first-order valence-electron chi connectivity index (χ1n) is 11.6. The van der Waals surface area contributed by atoms with Crippen molar-refractivity contribution in [3.05, 3.63) is 59.7 Å². The number of carbonyl (C=O) groups excluding carboxylic acids is 1. The zero-order valence-electron chi connectivity index (χ0n) is 18.2. The Morgan fingerprint density at radius 3 is 2.35 bits per heavy atom. The largest absolute Gasteiger partial charge is 0.372 e. The maximum absolute atomic E-state index is 12.5. The average molecular weight is 417 g/mol. The van der Waals surface area contributed by atoms with E-state index in [2.05, 4.69) is 39.4 Å². The van der Waals surface area contributed by atoms with E-state index in [-0.39, 0.29) is 5.91 Å². The van der Waals surface area contributed by atoms with Crippen molar-refractivity contribution in [2.24, 2.45) is 0 Å². The maximum atomic E-state index is 12.5. The molecule has 0 saturated carbocycles. The number of rotatable bonds is 5. The number of amides is 1. The highest BCUT2D eigenvalue weighted by Crippen LogP contribution is 2.28. The molecule has 0 bridgehead atoms. The Labute approximate surface area is 185 Å². The number of nitrogens with one attached hydrogen (secondary N) is 1. The number of likely N-dealkylation sites (tertiary alicyclic amines) is 1. The molecule has 5 nitrogen and oxygen atoms in total. The Balaban J connectivity index is 1.24. The van der Waals surface area contributed by atoms with Crippen LogP contribution in [-0.4, -0.2) is 43.5 Å². The van der Waals surface area contributed by atoms with Crippen LogP contribution in [0.5, 0.6) is 0 Å². The van der Waals surface area contributed by atoms with Crippen LogP contribution < -0.4 is 10.2 Å². The summed E-state index contributed by atoms with van der Waals surface area (Å²) >= 11 is 0. The van der Waals surface area contributed by atoms with Gasteiger partial charge in [0.25, 0.3) is 0 Å². The number of nitrogens with zero attached hydrogens (tertiary/aromatic N) is 3. The van der Waals surface area contributed by atoms with Gasteiger partial charge in [-0.3, -0.25) is 9.69 Å². The first-order valence-corrected chi connectivity index (χ1v) is 11.6. The van der Waals surface area contributed by atoms with Crippen LogP contribution in [0.3, 0.4) is 0 Å². The quantitative estimate of drug-likeness (QED) is 0.764. The standard InChI is InChI=1S/C26H32N4O/c27-19-21-6-5-7-23(18-21)22-12-16-29(17-13-22)20-26(31)28-24-8-10-25(11-9-24)30-14-3-1-2-4-15-30/h5-11,18,22H,1-4,12-17,20H2,(H,28,31). The molecule has 0 atom stereocenters. The molecule has 0 aromatic heterocycles. The molecule has 0 unspecified atom stereocenters. The van der Waals surface area contributed by atoms with Crippen LogP contribution in [0.4, 0.5) is 11.4 Å². The lowest BCUT2D eigenvalue weighted by atomic mass is 9.88. The van der Waals surface area contributed by atoms with Crippen molar-refractivity contribution in [3.63, 3.8) is 0 Å². The van der Waals surface area contributed by atoms with E-state index >= 15 is 0 Å². The van der Waals surface area contributed by atoms with Crippen LogP contribution >= 0.6 is 0 Å². The van der Waals surface area contributed by atoms with Gasteiger partial charge in [-0.1, -0.05) is 25.0 Å². The summed E-state index contributed by atoms with van der Waals surface area (Å²) in [7, 11) is 0. The van der Waals surface area contributed by atoms with E-state index in [0.29, 0.717) is 12.5 Å². The molecule has 2 aromatic carbocycles. The fourth-order valence-corrected chi connectivity index (χ4v) is 4.77.